The van der Waals surface area contributed by atoms with E-state index >= 15 is 0 Å². The molecule has 4 heteroatoms. The largest absolute Gasteiger partial charge is 0.355 e. The first kappa shape index (κ1) is 17.7. The Kier molecular flexibility index (Phi) is 5.57. The van der Waals surface area contributed by atoms with Crippen molar-refractivity contribution in [3.05, 3.63) is 47.7 Å². The average Bonchev–Trinajstić information content (AvgIpc) is 2.64. The van der Waals surface area contributed by atoms with Crippen LogP contribution in [0.25, 0.3) is 0 Å². The third kappa shape index (κ3) is 4.12. The van der Waals surface area contributed by atoms with Crippen molar-refractivity contribution in [2.24, 2.45) is 5.41 Å². The lowest BCUT2D eigenvalue weighted by molar-refractivity contribution is -0.132. The van der Waals surface area contributed by atoms with Gasteiger partial charge < -0.3 is 10.2 Å². The number of nitrogens with one attached hydrogen (secondary N) is 1. The summed E-state index contributed by atoms with van der Waals surface area (Å²) in [4.78, 5) is 26.1. The van der Waals surface area contributed by atoms with Gasteiger partial charge in [-0.15, -0.1) is 0 Å². The molecule has 1 aliphatic heterocycles. The van der Waals surface area contributed by atoms with Gasteiger partial charge >= 0.3 is 0 Å². The fourth-order valence-electron chi connectivity index (χ4n) is 4.14. The van der Waals surface area contributed by atoms with E-state index < -0.39 is 0 Å². The molecule has 1 atom stereocenters. The maximum absolute atomic E-state index is 12.3. The molecule has 1 aromatic rings. The van der Waals surface area contributed by atoms with Crippen LogP contribution < -0.4 is 5.32 Å². The standard InChI is InChI=1S/C21H28N2O2/c1-23-18-11-5-6-14-21(18,15-13-20(23)25)16-22-19(24)12-7-10-17-8-3-2-4-9-17/h2-4,8-9,11H,5-7,10,12-16H2,1H3,(H,22,24). The predicted octanol–water partition coefficient (Wildman–Crippen LogP) is 3.43. The molecule has 1 unspecified atom stereocenters. The van der Waals surface area contributed by atoms with Crippen molar-refractivity contribution in [2.45, 2.75) is 51.4 Å². The number of allylic oxidation sites excluding steroid dienone is 1. The van der Waals surface area contributed by atoms with Gasteiger partial charge in [0.15, 0.2) is 0 Å². The molecule has 1 aliphatic carbocycles. The van der Waals surface area contributed by atoms with E-state index in [4.69, 9.17) is 0 Å². The third-order valence-corrected chi connectivity index (χ3v) is 5.63. The third-order valence-electron chi connectivity index (χ3n) is 5.63. The van der Waals surface area contributed by atoms with E-state index in [9.17, 15) is 9.59 Å². The summed E-state index contributed by atoms with van der Waals surface area (Å²) in [7, 11) is 1.87. The van der Waals surface area contributed by atoms with Crippen LogP contribution in [-0.2, 0) is 16.0 Å². The summed E-state index contributed by atoms with van der Waals surface area (Å²) in [5.74, 6) is 0.313. The maximum Gasteiger partial charge on any atom is 0.226 e. The smallest absolute Gasteiger partial charge is 0.226 e. The minimum absolute atomic E-state index is 0.0456. The molecular weight excluding hydrogens is 312 g/mol. The predicted molar refractivity (Wildman–Crippen MR) is 98.8 cm³/mol. The summed E-state index contributed by atoms with van der Waals surface area (Å²) in [6.45, 7) is 0.653. The molecule has 0 spiro atoms. The van der Waals surface area contributed by atoms with Gasteiger partial charge in [-0.3, -0.25) is 9.59 Å². The van der Waals surface area contributed by atoms with Crippen LogP contribution in [0.5, 0.6) is 0 Å². The number of aryl methyl sites for hydroxylation is 1. The highest BCUT2D eigenvalue weighted by atomic mass is 16.2. The van der Waals surface area contributed by atoms with Crippen LogP contribution in [0, 0.1) is 5.41 Å². The summed E-state index contributed by atoms with van der Waals surface area (Å²) in [5.41, 5.74) is 2.36. The molecule has 0 aromatic heterocycles. The minimum atomic E-state index is -0.0456. The number of hydrogen-bond donors (Lipinski definition) is 1. The summed E-state index contributed by atoms with van der Waals surface area (Å²) in [5, 5.41) is 3.15. The normalized spacial score (nSPS) is 23.0. The van der Waals surface area contributed by atoms with Crippen LogP contribution in [-0.4, -0.2) is 30.3 Å². The zero-order chi connectivity index (χ0) is 17.7. The molecule has 1 N–H and O–H groups in total. The molecule has 1 fully saturated rings. The Bertz CT molecular complexity index is 653. The van der Waals surface area contributed by atoms with Crippen molar-refractivity contribution in [3.8, 4) is 0 Å². The lowest BCUT2D eigenvalue weighted by Crippen LogP contribution is -2.49. The summed E-state index contributed by atoms with van der Waals surface area (Å²) < 4.78 is 0. The van der Waals surface area contributed by atoms with E-state index in [2.05, 4.69) is 23.5 Å². The van der Waals surface area contributed by atoms with Gasteiger partial charge in [-0.25, -0.2) is 0 Å². The van der Waals surface area contributed by atoms with Gasteiger partial charge in [0.2, 0.25) is 11.8 Å². The molecule has 2 aliphatic rings. The lowest BCUT2D eigenvalue weighted by atomic mass is 9.70. The zero-order valence-electron chi connectivity index (χ0n) is 15.1. The van der Waals surface area contributed by atoms with E-state index in [0.29, 0.717) is 19.4 Å². The van der Waals surface area contributed by atoms with Gasteiger partial charge in [0.05, 0.1) is 0 Å². The van der Waals surface area contributed by atoms with Crippen LogP contribution in [0.2, 0.25) is 0 Å². The number of amides is 2. The zero-order valence-corrected chi connectivity index (χ0v) is 15.1. The Hall–Kier alpha value is -2.10. The fraction of sp³-hybridized carbons (Fsp3) is 0.524. The quantitative estimate of drug-likeness (QED) is 0.862. The number of rotatable bonds is 6. The van der Waals surface area contributed by atoms with E-state index in [1.807, 2.05) is 30.1 Å². The van der Waals surface area contributed by atoms with Crippen molar-refractivity contribution in [2.75, 3.05) is 13.6 Å². The van der Waals surface area contributed by atoms with Gasteiger partial charge in [0.1, 0.15) is 0 Å². The summed E-state index contributed by atoms with van der Waals surface area (Å²) in [6.07, 6.45) is 9.20. The molecule has 4 nitrogen and oxygen atoms in total. The number of likely N-dealkylation sites (tertiary alicyclic amines) is 1. The van der Waals surface area contributed by atoms with E-state index in [0.717, 1.165) is 44.2 Å². The molecule has 1 saturated heterocycles. The first-order valence-electron chi connectivity index (χ1n) is 9.39. The van der Waals surface area contributed by atoms with Gasteiger partial charge in [0, 0.05) is 37.5 Å². The van der Waals surface area contributed by atoms with E-state index in [1.165, 1.54) is 5.56 Å². The number of carbonyl (C=O) groups excluding carboxylic acids is 2. The Morgan fingerprint density at radius 2 is 2.04 bits per heavy atom. The van der Waals surface area contributed by atoms with Crippen LogP contribution in [0.3, 0.4) is 0 Å². The van der Waals surface area contributed by atoms with E-state index in [1.54, 1.807) is 0 Å². The molecule has 3 rings (SSSR count). The SMILES string of the molecule is CN1C(=O)CCC2(CNC(=O)CCCc3ccccc3)CCCC=C12. The monoisotopic (exact) mass is 340 g/mol. The molecule has 2 amide bonds. The van der Waals surface area contributed by atoms with E-state index in [-0.39, 0.29) is 17.2 Å². The Balaban J connectivity index is 1.51. The second kappa shape index (κ2) is 7.85. The van der Waals surface area contributed by atoms with Gasteiger partial charge in [0.25, 0.3) is 0 Å². The molecule has 0 saturated carbocycles. The second-order valence-corrected chi connectivity index (χ2v) is 7.33. The second-order valence-electron chi connectivity index (χ2n) is 7.33. The number of piperidine rings is 1. The number of benzene rings is 1. The van der Waals surface area contributed by atoms with Crippen molar-refractivity contribution < 1.29 is 9.59 Å². The molecule has 1 aromatic carbocycles. The Morgan fingerprint density at radius 1 is 1.24 bits per heavy atom. The van der Waals surface area contributed by atoms with Crippen LogP contribution >= 0.6 is 0 Å². The highest BCUT2D eigenvalue weighted by Crippen LogP contribution is 2.45. The van der Waals surface area contributed by atoms with Crippen molar-refractivity contribution >= 4 is 11.8 Å². The van der Waals surface area contributed by atoms with Gasteiger partial charge in [-0.1, -0.05) is 36.4 Å². The highest BCUT2D eigenvalue weighted by molar-refractivity contribution is 5.80. The number of hydrogen-bond acceptors (Lipinski definition) is 2. The van der Waals surface area contributed by atoms with Crippen molar-refractivity contribution in [1.29, 1.82) is 0 Å². The fourth-order valence-corrected chi connectivity index (χ4v) is 4.14. The Labute approximate surface area is 150 Å². The number of nitrogens with zero attached hydrogens (tertiary/aromatic N) is 1. The first-order chi connectivity index (χ1) is 12.1. The molecule has 134 valence electrons. The van der Waals surface area contributed by atoms with Crippen molar-refractivity contribution in [1.82, 2.24) is 10.2 Å². The lowest BCUT2D eigenvalue weighted by Gasteiger charge is -2.46. The molecule has 0 radical (unpaired) electrons. The van der Waals surface area contributed by atoms with Gasteiger partial charge in [-0.2, -0.15) is 0 Å². The van der Waals surface area contributed by atoms with Crippen LogP contribution in [0.1, 0.15) is 50.5 Å². The summed E-state index contributed by atoms with van der Waals surface area (Å²) >= 11 is 0. The number of carbonyl (C=O) groups is 2. The minimum Gasteiger partial charge on any atom is -0.355 e. The summed E-state index contributed by atoms with van der Waals surface area (Å²) in [6, 6.07) is 10.3. The van der Waals surface area contributed by atoms with Crippen LogP contribution in [0.15, 0.2) is 42.1 Å². The Morgan fingerprint density at radius 3 is 2.84 bits per heavy atom. The first-order valence-corrected chi connectivity index (χ1v) is 9.39. The van der Waals surface area contributed by atoms with Crippen molar-refractivity contribution in [3.63, 3.8) is 0 Å². The highest BCUT2D eigenvalue weighted by Gasteiger charge is 2.43. The number of fused-ring (bicyclic) bond motifs is 1. The molecule has 25 heavy (non-hydrogen) atoms. The maximum atomic E-state index is 12.3. The average molecular weight is 340 g/mol. The molecule has 0 bridgehead atoms. The molecular formula is C21H28N2O2. The topological polar surface area (TPSA) is 49.4 Å². The molecule has 1 heterocycles. The van der Waals surface area contributed by atoms with Gasteiger partial charge in [-0.05, 0) is 44.1 Å². The van der Waals surface area contributed by atoms with Crippen LogP contribution in [0.4, 0.5) is 0 Å².